The highest BCUT2D eigenvalue weighted by atomic mass is 16.5. The molecule has 22 heavy (non-hydrogen) atoms. The molecule has 1 aliphatic rings. The van der Waals surface area contributed by atoms with Gasteiger partial charge in [-0.05, 0) is 31.7 Å². The molecule has 4 heteroatoms. The monoisotopic (exact) mass is 304 g/mol. The summed E-state index contributed by atoms with van der Waals surface area (Å²) in [7, 11) is 0. The van der Waals surface area contributed by atoms with Crippen LogP contribution in [0.15, 0.2) is 30.3 Å². The topological polar surface area (TPSA) is 64.3 Å². The summed E-state index contributed by atoms with van der Waals surface area (Å²) in [6.07, 6.45) is 5.80. The van der Waals surface area contributed by atoms with Crippen LogP contribution in [0.4, 0.5) is 0 Å². The van der Waals surface area contributed by atoms with Crippen molar-refractivity contribution in [2.75, 3.05) is 13.2 Å². The normalized spacial score (nSPS) is 18.6. The van der Waals surface area contributed by atoms with E-state index in [1.165, 1.54) is 12.0 Å². The van der Waals surface area contributed by atoms with Gasteiger partial charge in [0.2, 0.25) is 5.91 Å². The third kappa shape index (κ3) is 4.82. The highest BCUT2D eigenvalue weighted by Crippen LogP contribution is 2.25. The molecule has 2 rings (SSSR count). The van der Waals surface area contributed by atoms with Crippen LogP contribution in [0.2, 0.25) is 0 Å². The van der Waals surface area contributed by atoms with E-state index < -0.39 is 5.54 Å². The Balaban J connectivity index is 1.62. The fourth-order valence-electron chi connectivity index (χ4n) is 2.94. The molecule has 4 nitrogen and oxygen atoms in total. The number of benzene rings is 1. The first-order valence-electron chi connectivity index (χ1n) is 8.35. The summed E-state index contributed by atoms with van der Waals surface area (Å²) in [4.78, 5) is 12.2. The quantitative estimate of drug-likeness (QED) is 0.761. The lowest BCUT2D eigenvalue weighted by molar-refractivity contribution is -0.127. The predicted molar refractivity (Wildman–Crippen MR) is 88.4 cm³/mol. The molecule has 1 unspecified atom stereocenters. The van der Waals surface area contributed by atoms with Gasteiger partial charge in [0, 0.05) is 13.2 Å². The summed E-state index contributed by atoms with van der Waals surface area (Å²) in [6.45, 7) is 3.30. The second kappa shape index (κ2) is 8.30. The molecule has 0 spiro atoms. The Morgan fingerprint density at radius 1 is 1.27 bits per heavy atom. The molecule has 3 N–H and O–H groups in total. The van der Waals surface area contributed by atoms with E-state index in [-0.39, 0.29) is 12.0 Å². The van der Waals surface area contributed by atoms with Crippen molar-refractivity contribution in [1.29, 1.82) is 0 Å². The molecule has 1 aromatic rings. The molecule has 1 aliphatic carbocycles. The zero-order valence-corrected chi connectivity index (χ0v) is 13.5. The Labute approximate surface area is 133 Å². The van der Waals surface area contributed by atoms with Crippen LogP contribution in [-0.4, -0.2) is 24.6 Å². The maximum absolute atomic E-state index is 12.2. The number of carbonyl (C=O) groups excluding carboxylic acids is 1. The van der Waals surface area contributed by atoms with Crippen molar-refractivity contribution in [2.45, 2.75) is 57.1 Å². The predicted octanol–water partition coefficient (Wildman–Crippen LogP) is 2.93. The standard InChI is InChI=1S/C18H28N2O2/c1-15(16-9-4-2-5-10-16)22-14-8-13-20-17(21)18(19)11-6-3-7-12-18/h2,4-5,9-10,15H,3,6-8,11-14,19H2,1H3,(H,20,21). The third-order valence-corrected chi connectivity index (χ3v) is 4.44. The van der Waals surface area contributed by atoms with E-state index >= 15 is 0 Å². The summed E-state index contributed by atoms with van der Waals surface area (Å²) >= 11 is 0. The number of nitrogens with two attached hydrogens (primary N) is 1. The van der Waals surface area contributed by atoms with Crippen molar-refractivity contribution in [3.05, 3.63) is 35.9 Å². The van der Waals surface area contributed by atoms with Gasteiger partial charge in [0.1, 0.15) is 0 Å². The minimum Gasteiger partial charge on any atom is -0.374 e. The van der Waals surface area contributed by atoms with Gasteiger partial charge in [-0.25, -0.2) is 0 Å². The number of ether oxygens (including phenoxy) is 1. The maximum Gasteiger partial charge on any atom is 0.240 e. The largest absolute Gasteiger partial charge is 0.374 e. The van der Waals surface area contributed by atoms with Crippen LogP contribution in [0.1, 0.15) is 57.1 Å². The van der Waals surface area contributed by atoms with Crippen LogP contribution in [0, 0.1) is 0 Å². The molecule has 0 radical (unpaired) electrons. The van der Waals surface area contributed by atoms with Gasteiger partial charge in [0.15, 0.2) is 0 Å². The van der Waals surface area contributed by atoms with Crippen molar-refractivity contribution in [1.82, 2.24) is 5.32 Å². The zero-order chi connectivity index (χ0) is 15.8. The molecule has 0 heterocycles. The number of carbonyl (C=O) groups is 1. The molecule has 1 fully saturated rings. The smallest absolute Gasteiger partial charge is 0.240 e. The van der Waals surface area contributed by atoms with Gasteiger partial charge in [-0.15, -0.1) is 0 Å². The van der Waals surface area contributed by atoms with Gasteiger partial charge < -0.3 is 15.8 Å². The van der Waals surface area contributed by atoms with E-state index in [2.05, 4.69) is 17.4 Å². The van der Waals surface area contributed by atoms with E-state index in [1.807, 2.05) is 25.1 Å². The van der Waals surface area contributed by atoms with E-state index in [9.17, 15) is 4.79 Å². The van der Waals surface area contributed by atoms with E-state index in [4.69, 9.17) is 10.5 Å². The molecule has 0 saturated heterocycles. The third-order valence-electron chi connectivity index (χ3n) is 4.44. The summed E-state index contributed by atoms with van der Waals surface area (Å²) in [5.41, 5.74) is 6.73. The average Bonchev–Trinajstić information content (AvgIpc) is 2.55. The van der Waals surface area contributed by atoms with Gasteiger partial charge in [-0.2, -0.15) is 0 Å². The van der Waals surface area contributed by atoms with Crippen molar-refractivity contribution >= 4 is 5.91 Å². The van der Waals surface area contributed by atoms with Crippen molar-refractivity contribution in [2.24, 2.45) is 5.73 Å². The van der Waals surface area contributed by atoms with E-state index in [0.717, 1.165) is 32.1 Å². The molecular weight excluding hydrogens is 276 g/mol. The van der Waals surface area contributed by atoms with Gasteiger partial charge in [0.25, 0.3) is 0 Å². The fourth-order valence-corrected chi connectivity index (χ4v) is 2.94. The number of nitrogens with one attached hydrogen (secondary N) is 1. The van der Waals surface area contributed by atoms with E-state index in [1.54, 1.807) is 0 Å². The van der Waals surface area contributed by atoms with Crippen LogP contribution in [0.25, 0.3) is 0 Å². The molecule has 0 bridgehead atoms. The summed E-state index contributed by atoms with van der Waals surface area (Å²) in [5, 5.41) is 2.96. The maximum atomic E-state index is 12.2. The van der Waals surface area contributed by atoms with Crippen LogP contribution < -0.4 is 11.1 Å². The Morgan fingerprint density at radius 3 is 2.64 bits per heavy atom. The number of hydrogen-bond acceptors (Lipinski definition) is 3. The molecule has 0 aliphatic heterocycles. The Kier molecular flexibility index (Phi) is 6.40. The lowest BCUT2D eigenvalue weighted by Gasteiger charge is -2.31. The van der Waals surface area contributed by atoms with Gasteiger partial charge in [0.05, 0.1) is 11.6 Å². The van der Waals surface area contributed by atoms with Gasteiger partial charge in [-0.1, -0.05) is 49.6 Å². The fraction of sp³-hybridized carbons (Fsp3) is 0.611. The van der Waals surface area contributed by atoms with Gasteiger partial charge >= 0.3 is 0 Å². The summed E-state index contributed by atoms with van der Waals surface area (Å²) < 4.78 is 5.80. The lowest BCUT2D eigenvalue weighted by atomic mass is 9.82. The average molecular weight is 304 g/mol. The van der Waals surface area contributed by atoms with Crippen molar-refractivity contribution < 1.29 is 9.53 Å². The first-order valence-corrected chi connectivity index (χ1v) is 8.35. The van der Waals surface area contributed by atoms with Crippen LogP contribution in [-0.2, 0) is 9.53 Å². The summed E-state index contributed by atoms with van der Waals surface area (Å²) in [5.74, 6) is 0.00306. The van der Waals surface area contributed by atoms with Gasteiger partial charge in [-0.3, -0.25) is 4.79 Å². The molecule has 1 amide bonds. The SMILES string of the molecule is CC(OCCCNC(=O)C1(N)CCCCC1)c1ccccc1. The van der Waals surface area contributed by atoms with Crippen LogP contribution >= 0.6 is 0 Å². The number of hydrogen-bond donors (Lipinski definition) is 2. The molecule has 1 atom stereocenters. The van der Waals surface area contributed by atoms with Crippen molar-refractivity contribution in [3.8, 4) is 0 Å². The number of rotatable bonds is 7. The van der Waals surface area contributed by atoms with Crippen molar-refractivity contribution in [3.63, 3.8) is 0 Å². The highest BCUT2D eigenvalue weighted by Gasteiger charge is 2.34. The molecule has 1 saturated carbocycles. The van der Waals surface area contributed by atoms with Crippen LogP contribution in [0.3, 0.4) is 0 Å². The molecule has 0 aromatic heterocycles. The minimum atomic E-state index is -0.642. The molecule has 1 aromatic carbocycles. The lowest BCUT2D eigenvalue weighted by Crippen LogP contribution is -2.55. The first kappa shape index (κ1) is 17.0. The Hall–Kier alpha value is -1.39. The van der Waals surface area contributed by atoms with E-state index in [0.29, 0.717) is 13.2 Å². The first-order chi connectivity index (χ1) is 10.6. The highest BCUT2D eigenvalue weighted by molar-refractivity contribution is 5.86. The van der Waals surface area contributed by atoms with Crippen LogP contribution in [0.5, 0.6) is 0 Å². The minimum absolute atomic E-state index is 0.00306. The second-order valence-electron chi connectivity index (χ2n) is 6.25. The molecule has 122 valence electrons. The molecular formula is C18H28N2O2. The summed E-state index contributed by atoms with van der Waals surface area (Å²) in [6, 6.07) is 10.2. The second-order valence-corrected chi connectivity index (χ2v) is 6.25. The Bertz CT molecular complexity index is 455. The zero-order valence-electron chi connectivity index (χ0n) is 13.5. The Morgan fingerprint density at radius 2 is 1.95 bits per heavy atom. The number of amides is 1.